The van der Waals surface area contributed by atoms with E-state index in [0.717, 1.165) is 21.9 Å². The first kappa shape index (κ1) is 28.9. The van der Waals surface area contributed by atoms with Crippen LogP contribution in [0.15, 0.2) is 72.8 Å². The molecule has 1 saturated heterocycles. The van der Waals surface area contributed by atoms with Crippen LogP contribution >= 0.6 is 0 Å². The van der Waals surface area contributed by atoms with Gasteiger partial charge in [-0.05, 0) is 48.7 Å². The second-order valence-corrected chi connectivity index (χ2v) is 10.8. The average molecular weight is 548 g/mol. The number of ether oxygens (including phenoxy) is 3. The number of benzene rings is 3. The van der Waals surface area contributed by atoms with Crippen molar-refractivity contribution >= 4 is 28.9 Å². The Kier molecular flexibility index (Phi) is 9.60. The predicted molar refractivity (Wildman–Crippen MR) is 152 cm³/mol. The molecule has 9 heteroatoms. The van der Waals surface area contributed by atoms with Crippen molar-refractivity contribution in [2.45, 2.75) is 58.2 Å². The lowest BCUT2D eigenvalue weighted by molar-refractivity contribution is -0.125. The molecule has 0 unspecified atom stereocenters. The SMILES string of the molecule is CC(C)(C)OC(=O)N1C[C@H](OCc2ccc3ccccc3c2)C[C@@H]1C(=O)NCCNC(=O)OCc1ccccc1. The standard InChI is InChI=1S/C31H37N3O6/c1-31(2,3)40-30(37)34-19-26(38-21-23-13-14-24-11-7-8-12-25(24)17-23)18-27(34)28(35)32-15-16-33-29(36)39-20-22-9-5-4-6-10-22/h4-14,17,26-27H,15-16,18-21H2,1-3H3,(H,32,35)(H,33,36)/t26-,27-/m1/s1. The summed E-state index contributed by atoms with van der Waals surface area (Å²) < 4.78 is 16.9. The monoisotopic (exact) mass is 547 g/mol. The van der Waals surface area contributed by atoms with E-state index >= 15 is 0 Å². The minimum absolute atomic E-state index is 0.159. The molecule has 0 bridgehead atoms. The molecule has 9 nitrogen and oxygen atoms in total. The topological polar surface area (TPSA) is 106 Å². The Balaban J connectivity index is 1.28. The summed E-state index contributed by atoms with van der Waals surface area (Å²) in [7, 11) is 0. The molecule has 1 aliphatic rings. The fourth-order valence-electron chi connectivity index (χ4n) is 4.47. The zero-order chi connectivity index (χ0) is 28.5. The molecule has 1 aliphatic heterocycles. The van der Waals surface area contributed by atoms with Crippen molar-refractivity contribution in [2.24, 2.45) is 0 Å². The molecule has 3 amide bonds. The molecule has 3 aromatic carbocycles. The van der Waals surface area contributed by atoms with Crippen LogP contribution in [0, 0.1) is 0 Å². The Morgan fingerprint density at radius 3 is 2.30 bits per heavy atom. The Morgan fingerprint density at radius 2 is 1.55 bits per heavy atom. The molecular weight excluding hydrogens is 510 g/mol. The third-order valence-corrected chi connectivity index (χ3v) is 6.40. The van der Waals surface area contributed by atoms with Gasteiger partial charge in [0.05, 0.1) is 19.3 Å². The summed E-state index contributed by atoms with van der Waals surface area (Å²) in [5, 5.41) is 7.70. The van der Waals surface area contributed by atoms with E-state index in [1.165, 1.54) is 4.90 Å². The lowest BCUT2D eigenvalue weighted by Gasteiger charge is -2.27. The number of nitrogens with one attached hydrogen (secondary N) is 2. The highest BCUT2D eigenvalue weighted by Gasteiger charge is 2.42. The highest BCUT2D eigenvalue weighted by atomic mass is 16.6. The van der Waals surface area contributed by atoms with Crippen LogP contribution in [0.2, 0.25) is 0 Å². The Bertz CT molecular complexity index is 1310. The highest BCUT2D eigenvalue weighted by molar-refractivity contribution is 5.86. The van der Waals surface area contributed by atoms with Gasteiger partial charge in [0.15, 0.2) is 0 Å². The number of carbonyl (C=O) groups is 3. The van der Waals surface area contributed by atoms with E-state index in [0.29, 0.717) is 13.0 Å². The number of hydrogen-bond acceptors (Lipinski definition) is 6. The van der Waals surface area contributed by atoms with Crippen LogP contribution < -0.4 is 10.6 Å². The molecule has 3 aromatic rings. The molecule has 1 heterocycles. The van der Waals surface area contributed by atoms with E-state index in [2.05, 4.69) is 34.9 Å². The van der Waals surface area contributed by atoms with Crippen LogP contribution in [0.4, 0.5) is 9.59 Å². The molecule has 0 saturated carbocycles. The van der Waals surface area contributed by atoms with Gasteiger partial charge in [-0.3, -0.25) is 9.69 Å². The number of hydrogen-bond donors (Lipinski definition) is 2. The van der Waals surface area contributed by atoms with Crippen molar-refractivity contribution in [1.82, 2.24) is 15.5 Å². The molecular formula is C31H37N3O6. The maximum atomic E-state index is 13.1. The lowest BCUT2D eigenvalue weighted by Crippen LogP contribution is -2.48. The highest BCUT2D eigenvalue weighted by Crippen LogP contribution is 2.25. The van der Waals surface area contributed by atoms with Crippen LogP contribution in [0.5, 0.6) is 0 Å². The zero-order valence-electron chi connectivity index (χ0n) is 23.2. The largest absolute Gasteiger partial charge is 0.445 e. The van der Waals surface area contributed by atoms with Gasteiger partial charge in [0.2, 0.25) is 5.91 Å². The normalized spacial score (nSPS) is 16.9. The van der Waals surface area contributed by atoms with Gasteiger partial charge in [0, 0.05) is 19.5 Å². The first-order chi connectivity index (χ1) is 19.2. The number of carbonyl (C=O) groups excluding carboxylic acids is 3. The predicted octanol–water partition coefficient (Wildman–Crippen LogP) is 4.78. The number of nitrogens with zero attached hydrogens (tertiary/aromatic N) is 1. The van der Waals surface area contributed by atoms with Crippen LogP contribution in [-0.4, -0.2) is 60.4 Å². The summed E-state index contributed by atoms with van der Waals surface area (Å²) in [5.41, 5.74) is 1.19. The van der Waals surface area contributed by atoms with E-state index in [1.54, 1.807) is 20.8 Å². The van der Waals surface area contributed by atoms with Gasteiger partial charge in [-0.2, -0.15) is 0 Å². The molecule has 0 radical (unpaired) electrons. The molecule has 0 aromatic heterocycles. The van der Waals surface area contributed by atoms with Gasteiger partial charge in [-0.1, -0.05) is 66.7 Å². The second kappa shape index (κ2) is 13.3. The summed E-state index contributed by atoms with van der Waals surface area (Å²) in [6.45, 7) is 6.48. The van der Waals surface area contributed by atoms with Gasteiger partial charge in [0.1, 0.15) is 18.2 Å². The number of amides is 3. The first-order valence-electron chi connectivity index (χ1n) is 13.5. The lowest BCUT2D eigenvalue weighted by atomic mass is 10.1. The van der Waals surface area contributed by atoms with Crippen molar-refractivity contribution in [1.29, 1.82) is 0 Å². The van der Waals surface area contributed by atoms with Gasteiger partial charge >= 0.3 is 12.2 Å². The van der Waals surface area contributed by atoms with E-state index in [-0.39, 0.29) is 38.3 Å². The average Bonchev–Trinajstić information content (AvgIpc) is 3.37. The summed E-state index contributed by atoms with van der Waals surface area (Å²) in [6, 6.07) is 22.9. The van der Waals surface area contributed by atoms with Crippen molar-refractivity contribution in [3.8, 4) is 0 Å². The molecule has 2 atom stereocenters. The molecule has 40 heavy (non-hydrogen) atoms. The quantitative estimate of drug-likeness (QED) is 0.374. The molecule has 0 spiro atoms. The Hall–Kier alpha value is -4.11. The summed E-state index contributed by atoms with van der Waals surface area (Å²) in [4.78, 5) is 39.4. The smallest absolute Gasteiger partial charge is 0.411 e. The number of likely N-dealkylation sites (tertiary alicyclic amines) is 1. The van der Waals surface area contributed by atoms with Crippen molar-refractivity contribution in [3.05, 3.63) is 83.9 Å². The molecule has 0 aliphatic carbocycles. The van der Waals surface area contributed by atoms with E-state index < -0.39 is 23.8 Å². The van der Waals surface area contributed by atoms with Gasteiger partial charge in [0.25, 0.3) is 0 Å². The Labute approximate surface area is 234 Å². The van der Waals surface area contributed by atoms with Crippen molar-refractivity contribution in [3.63, 3.8) is 0 Å². The Morgan fingerprint density at radius 1 is 0.850 bits per heavy atom. The minimum atomic E-state index is -0.749. The van der Waals surface area contributed by atoms with Crippen LogP contribution in [0.25, 0.3) is 10.8 Å². The summed E-state index contributed by atoms with van der Waals surface area (Å²) in [6.07, 6.45) is -1.13. The maximum Gasteiger partial charge on any atom is 0.411 e. The summed E-state index contributed by atoms with van der Waals surface area (Å²) in [5.74, 6) is -0.331. The summed E-state index contributed by atoms with van der Waals surface area (Å²) >= 11 is 0. The molecule has 1 fully saturated rings. The van der Waals surface area contributed by atoms with Crippen molar-refractivity contribution in [2.75, 3.05) is 19.6 Å². The number of alkyl carbamates (subject to hydrolysis) is 1. The van der Waals surface area contributed by atoms with Gasteiger partial charge < -0.3 is 24.8 Å². The zero-order valence-corrected chi connectivity index (χ0v) is 23.2. The third-order valence-electron chi connectivity index (χ3n) is 6.40. The first-order valence-corrected chi connectivity index (χ1v) is 13.5. The minimum Gasteiger partial charge on any atom is -0.445 e. The van der Waals surface area contributed by atoms with Crippen LogP contribution in [0.3, 0.4) is 0 Å². The van der Waals surface area contributed by atoms with E-state index in [4.69, 9.17) is 14.2 Å². The van der Waals surface area contributed by atoms with Gasteiger partial charge in [-0.15, -0.1) is 0 Å². The van der Waals surface area contributed by atoms with E-state index in [1.807, 2.05) is 48.5 Å². The molecule has 212 valence electrons. The molecule has 2 N–H and O–H groups in total. The van der Waals surface area contributed by atoms with Crippen LogP contribution in [-0.2, 0) is 32.2 Å². The fraction of sp³-hybridized carbons (Fsp3) is 0.387. The maximum absolute atomic E-state index is 13.1. The third kappa shape index (κ3) is 8.44. The van der Waals surface area contributed by atoms with Gasteiger partial charge in [-0.25, -0.2) is 9.59 Å². The van der Waals surface area contributed by atoms with Crippen molar-refractivity contribution < 1.29 is 28.6 Å². The number of rotatable bonds is 9. The fourth-order valence-corrected chi connectivity index (χ4v) is 4.47. The van der Waals surface area contributed by atoms with E-state index in [9.17, 15) is 14.4 Å². The molecule has 4 rings (SSSR count). The van der Waals surface area contributed by atoms with Crippen LogP contribution in [0.1, 0.15) is 38.3 Å². The second-order valence-electron chi connectivity index (χ2n) is 10.8. The number of fused-ring (bicyclic) bond motifs is 1.